The van der Waals surface area contributed by atoms with Crippen LogP contribution >= 0.6 is 0 Å². The van der Waals surface area contributed by atoms with Gasteiger partial charge in [0.1, 0.15) is 18.8 Å². The van der Waals surface area contributed by atoms with Crippen molar-refractivity contribution in [3.63, 3.8) is 0 Å². The highest BCUT2D eigenvalue weighted by atomic mass is 16.7. The van der Waals surface area contributed by atoms with Crippen LogP contribution in [-0.4, -0.2) is 89.2 Å². The van der Waals surface area contributed by atoms with Gasteiger partial charge in [0.2, 0.25) is 0 Å². The number of esters is 3. The summed E-state index contributed by atoms with van der Waals surface area (Å²) in [7, 11) is 0. The predicted molar refractivity (Wildman–Crippen MR) is 321 cm³/mol. The van der Waals surface area contributed by atoms with Crippen molar-refractivity contribution in [3.8, 4) is 0 Å². The molecule has 0 saturated carbocycles. The van der Waals surface area contributed by atoms with Crippen molar-refractivity contribution in [3.05, 3.63) is 97.2 Å². The van der Waals surface area contributed by atoms with Gasteiger partial charge in [0, 0.05) is 19.3 Å². The summed E-state index contributed by atoms with van der Waals surface area (Å²) in [6, 6.07) is 0. The fourth-order valence-electron chi connectivity index (χ4n) is 8.84. The van der Waals surface area contributed by atoms with Crippen LogP contribution in [0.1, 0.15) is 252 Å². The molecule has 0 radical (unpaired) electrons. The largest absolute Gasteiger partial charge is 0.479 e. The van der Waals surface area contributed by atoms with Crippen molar-refractivity contribution in [1.82, 2.24) is 0 Å². The molecule has 0 aliphatic carbocycles. The normalized spacial score (nSPS) is 18.5. The van der Waals surface area contributed by atoms with Crippen LogP contribution in [0.4, 0.5) is 0 Å². The molecule has 0 bridgehead atoms. The van der Waals surface area contributed by atoms with Gasteiger partial charge in [-0.1, -0.05) is 214 Å². The molecule has 1 saturated heterocycles. The zero-order chi connectivity index (χ0) is 57.5. The third kappa shape index (κ3) is 44.0. The van der Waals surface area contributed by atoms with Gasteiger partial charge in [0.05, 0.1) is 6.61 Å². The lowest BCUT2D eigenvalue weighted by atomic mass is 9.98. The first-order valence-corrected chi connectivity index (χ1v) is 31.2. The maximum absolute atomic E-state index is 13.2. The minimum atomic E-state index is -1.92. The topological polar surface area (TPSA) is 175 Å². The lowest BCUT2D eigenvalue weighted by molar-refractivity contribution is -0.301. The van der Waals surface area contributed by atoms with Crippen molar-refractivity contribution in [2.75, 3.05) is 13.2 Å². The number of ether oxygens (including phenoxy) is 5. The van der Waals surface area contributed by atoms with Crippen LogP contribution in [0.3, 0.4) is 0 Å². The monoisotopic (exact) mass is 1110 g/mol. The minimum absolute atomic E-state index is 0.0449. The number of aliphatic carboxylic acids is 1. The van der Waals surface area contributed by atoms with Crippen molar-refractivity contribution >= 4 is 23.9 Å². The summed E-state index contributed by atoms with van der Waals surface area (Å²) in [6.45, 7) is 5.80. The predicted octanol–water partition coefficient (Wildman–Crippen LogP) is 16.5. The fraction of sp³-hybridized carbons (Fsp3) is 0.701. The van der Waals surface area contributed by atoms with E-state index in [4.69, 9.17) is 23.7 Å². The summed E-state index contributed by atoms with van der Waals surface area (Å²) in [5.74, 6) is -3.22. The number of carbonyl (C=O) groups excluding carboxylic acids is 3. The molecule has 0 spiro atoms. The number of rotatable bonds is 52. The molecule has 1 aliphatic heterocycles. The summed E-state index contributed by atoms with van der Waals surface area (Å²) >= 11 is 0. The number of carbonyl (C=O) groups is 4. The SMILES string of the molecule is CC/C=C\C/C=C\C/C=C\C/C=C\C/C=C\CCCC(=O)OCC(COC1OC(C(=O)O)C(O)C(O)C1OC(=O)CCCCCCCCC/C=C\CCCCCCCC)OC(=O)CCCCCCC/C=C\C/C=C\CCCCC. The quantitative estimate of drug-likeness (QED) is 0.0228. The summed E-state index contributed by atoms with van der Waals surface area (Å²) < 4.78 is 28.4. The molecular weight excluding hydrogens is 997 g/mol. The van der Waals surface area contributed by atoms with E-state index in [0.717, 1.165) is 116 Å². The second kappa shape index (κ2) is 54.2. The molecule has 6 atom stereocenters. The van der Waals surface area contributed by atoms with Gasteiger partial charge in [-0.05, 0) is 116 Å². The molecule has 12 heteroatoms. The summed E-state index contributed by atoms with van der Waals surface area (Å²) in [4.78, 5) is 51.2. The molecule has 0 aromatic heterocycles. The maximum Gasteiger partial charge on any atom is 0.335 e. The van der Waals surface area contributed by atoms with Crippen LogP contribution in [0, 0.1) is 0 Å². The zero-order valence-electron chi connectivity index (χ0n) is 49.6. The lowest BCUT2D eigenvalue weighted by Gasteiger charge is -2.40. The van der Waals surface area contributed by atoms with E-state index in [1.54, 1.807) is 0 Å². The molecule has 12 nitrogen and oxygen atoms in total. The summed E-state index contributed by atoms with van der Waals surface area (Å²) in [5.41, 5.74) is 0. The Kier molecular flexibility index (Phi) is 49.9. The second-order valence-electron chi connectivity index (χ2n) is 20.9. The molecular formula is C67H110O12. The Labute approximate surface area is 479 Å². The Bertz CT molecular complexity index is 1740. The Morgan fingerprint density at radius 2 is 0.810 bits per heavy atom. The number of hydrogen-bond donors (Lipinski definition) is 3. The van der Waals surface area contributed by atoms with E-state index < -0.39 is 67.3 Å². The van der Waals surface area contributed by atoms with Crippen LogP contribution in [0.5, 0.6) is 0 Å². The standard InChI is InChI=1S/C67H110O12/c1-4-7-10-13-16-19-22-25-28-30-33-35-38-41-44-47-50-53-59(68)75-56-58(77-60(69)54-51-48-45-42-39-36-32-27-24-21-18-15-12-9-6-3)57-76-67-65(63(72)62(71)64(79-67)66(73)74)78-61(70)55-52-49-46-43-40-37-34-31-29-26-23-20-17-14-11-8-5-2/h7,10,16,18-19,21,25-29,32-33,35,41,44,58,62-65,67,71-72H,4-6,8-9,11-15,17,20,22-24,30-31,34,36-40,42-43,45-57H2,1-3H3,(H,73,74)/b10-7-,19-16-,21-18-,28-25-,29-26-,32-27-,35-33-,44-41-. The maximum atomic E-state index is 13.2. The summed E-state index contributed by atoms with van der Waals surface area (Å²) in [6.07, 6.45) is 59.4. The Morgan fingerprint density at radius 1 is 0.430 bits per heavy atom. The molecule has 1 aliphatic rings. The first-order valence-electron chi connectivity index (χ1n) is 31.2. The molecule has 1 fully saturated rings. The number of allylic oxidation sites excluding steroid dienone is 16. The molecule has 1 heterocycles. The van der Waals surface area contributed by atoms with Gasteiger partial charge in [-0.25, -0.2) is 4.79 Å². The first-order chi connectivity index (χ1) is 38.6. The molecule has 1 rings (SSSR count). The third-order valence-corrected chi connectivity index (χ3v) is 13.6. The van der Waals surface area contributed by atoms with E-state index in [1.807, 2.05) is 6.08 Å². The second-order valence-corrected chi connectivity index (χ2v) is 20.9. The molecule has 0 aromatic carbocycles. The number of aliphatic hydroxyl groups excluding tert-OH is 2. The van der Waals surface area contributed by atoms with Gasteiger partial charge >= 0.3 is 23.9 Å². The molecule has 79 heavy (non-hydrogen) atoms. The number of hydrogen-bond acceptors (Lipinski definition) is 11. The Balaban J connectivity index is 2.72. The van der Waals surface area contributed by atoms with Crippen LogP contribution in [0.25, 0.3) is 0 Å². The van der Waals surface area contributed by atoms with Crippen molar-refractivity contribution in [1.29, 1.82) is 0 Å². The van der Waals surface area contributed by atoms with Crippen LogP contribution < -0.4 is 0 Å². The van der Waals surface area contributed by atoms with E-state index in [0.29, 0.717) is 25.7 Å². The van der Waals surface area contributed by atoms with E-state index in [-0.39, 0.29) is 25.9 Å². The van der Waals surface area contributed by atoms with Gasteiger partial charge in [-0.3, -0.25) is 14.4 Å². The Morgan fingerprint density at radius 3 is 1.29 bits per heavy atom. The number of unbranched alkanes of at least 4 members (excludes halogenated alkanes) is 22. The van der Waals surface area contributed by atoms with E-state index in [9.17, 15) is 34.5 Å². The highest BCUT2D eigenvalue weighted by Crippen LogP contribution is 2.26. The van der Waals surface area contributed by atoms with E-state index in [1.165, 1.54) is 70.6 Å². The van der Waals surface area contributed by atoms with Gasteiger partial charge in [-0.15, -0.1) is 0 Å². The fourth-order valence-corrected chi connectivity index (χ4v) is 8.84. The molecule has 0 aromatic rings. The van der Waals surface area contributed by atoms with Crippen molar-refractivity contribution < 1.29 is 58.2 Å². The van der Waals surface area contributed by atoms with Crippen molar-refractivity contribution in [2.45, 2.75) is 289 Å². The molecule has 6 unspecified atom stereocenters. The van der Waals surface area contributed by atoms with Gasteiger partial charge in [0.25, 0.3) is 0 Å². The Hall–Kier alpha value is -4.36. The number of carboxylic acids is 1. The molecule has 0 amide bonds. The smallest absolute Gasteiger partial charge is 0.335 e. The first kappa shape index (κ1) is 72.7. The van der Waals surface area contributed by atoms with Crippen LogP contribution in [0.2, 0.25) is 0 Å². The minimum Gasteiger partial charge on any atom is -0.479 e. The highest BCUT2D eigenvalue weighted by Gasteiger charge is 2.50. The highest BCUT2D eigenvalue weighted by molar-refractivity contribution is 5.74. The molecule has 450 valence electrons. The van der Waals surface area contributed by atoms with Gasteiger partial charge in [0.15, 0.2) is 24.6 Å². The van der Waals surface area contributed by atoms with E-state index in [2.05, 4.69) is 112 Å². The van der Waals surface area contributed by atoms with Crippen molar-refractivity contribution in [2.24, 2.45) is 0 Å². The third-order valence-electron chi connectivity index (χ3n) is 13.6. The van der Waals surface area contributed by atoms with Crippen LogP contribution in [-0.2, 0) is 42.9 Å². The van der Waals surface area contributed by atoms with Gasteiger partial charge < -0.3 is 39.0 Å². The molecule has 3 N–H and O–H groups in total. The zero-order valence-corrected chi connectivity index (χ0v) is 49.6. The van der Waals surface area contributed by atoms with E-state index >= 15 is 0 Å². The van der Waals surface area contributed by atoms with Gasteiger partial charge in [-0.2, -0.15) is 0 Å². The lowest BCUT2D eigenvalue weighted by Crippen LogP contribution is -2.61. The van der Waals surface area contributed by atoms with Crippen LogP contribution in [0.15, 0.2) is 97.2 Å². The average Bonchev–Trinajstić information content (AvgIpc) is 3.47. The average molecular weight is 1110 g/mol. The number of aliphatic hydroxyl groups is 2. The summed E-state index contributed by atoms with van der Waals surface area (Å²) in [5, 5.41) is 31.5. The number of carboxylic acid groups (broad SMARTS) is 1.